The highest BCUT2D eigenvalue weighted by Crippen LogP contribution is 2.22. The van der Waals surface area contributed by atoms with Crippen molar-refractivity contribution in [2.45, 2.75) is 38.6 Å². The maximum Gasteiger partial charge on any atom is 0.255 e. The number of benzene rings is 2. The topological polar surface area (TPSA) is 87.7 Å². The molecule has 7 nitrogen and oxygen atoms in total. The number of amides is 3. The van der Waals surface area contributed by atoms with Crippen molar-refractivity contribution in [3.8, 4) is 5.75 Å². The largest absolute Gasteiger partial charge is 0.497 e. The zero-order valence-corrected chi connectivity index (χ0v) is 18.0. The van der Waals surface area contributed by atoms with Crippen LogP contribution in [0.2, 0.25) is 0 Å². The van der Waals surface area contributed by atoms with E-state index in [1.807, 2.05) is 0 Å². The maximum absolute atomic E-state index is 13.0. The first-order chi connectivity index (χ1) is 15.0. The molecule has 1 aliphatic rings. The van der Waals surface area contributed by atoms with Crippen LogP contribution >= 0.6 is 0 Å². The summed E-state index contributed by atoms with van der Waals surface area (Å²) in [6, 6.07) is 13.1. The van der Waals surface area contributed by atoms with E-state index in [9.17, 15) is 14.4 Å². The number of rotatable bonds is 8. The van der Waals surface area contributed by atoms with Crippen molar-refractivity contribution < 1.29 is 19.1 Å². The summed E-state index contributed by atoms with van der Waals surface area (Å²) in [4.78, 5) is 39.5. The molecule has 0 aromatic heterocycles. The van der Waals surface area contributed by atoms with E-state index >= 15 is 0 Å². The molecule has 2 aromatic carbocycles. The minimum absolute atomic E-state index is 0.0809. The third-order valence-corrected chi connectivity index (χ3v) is 5.39. The fourth-order valence-corrected chi connectivity index (χ4v) is 3.60. The summed E-state index contributed by atoms with van der Waals surface area (Å²) >= 11 is 0. The van der Waals surface area contributed by atoms with E-state index in [0.29, 0.717) is 42.1 Å². The lowest BCUT2D eigenvalue weighted by Gasteiger charge is -2.24. The van der Waals surface area contributed by atoms with Gasteiger partial charge in [0.2, 0.25) is 5.91 Å². The van der Waals surface area contributed by atoms with Crippen molar-refractivity contribution in [2.24, 2.45) is 0 Å². The van der Waals surface area contributed by atoms with Crippen molar-refractivity contribution in [1.29, 1.82) is 0 Å². The third kappa shape index (κ3) is 5.63. The number of likely N-dealkylation sites (tertiary alicyclic amines) is 1. The van der Waals surface area contributed by atoms with Crippen LogP contribution < -0.4 is 15.4 Å². The number of anilines is 1. The Hall–Kier alpha value is -3.35. The lowest BCUT2D eigenvalue weighted by Crippen LogP contribution is -2.46. The Bertz CT molecular complexity index is 909. The first-order valence-electron chi connectivity index (χ1n) is 10.7. The van der Waals surface area contributed by atoms with E-state index < -0.39 is 6.04 Å². The minimum atomic E-state index is -0.418. The Morgan fingerprint density at radius 3 is 2.35 bits per heavy atom. The van der Waals surface area contributed by atoms with Gasteiger partial charge in [-0.25, -0.2) is 0 Å². The van der Waals surface area contributed by atoms with Crippen LogP contribution in [0.4, 0.5) is 5.69 Å². The molecular weight excluding hydrogens is 394 g/mol. The molecule has 0 aliphatic carbocycles. The number of nitrogens with one attached hydrogen (secondary N) is 2. The van der Waals surface area contributed by atoms with Gasteiger partial charge in [0.25, 0.3) is 11.8 Å². The molecular formula is C24H29N3O4. The van der Waals surface area contributed by atoms with Crippen LogP contribution in [0, 0.1) is 0 Å². The van der Waals surface area contributed by atoms with E-state index in [1.165, 1.54) is 0 Å². The molecule has 0 unspecified atom stereocenters. The summed E-state index contributed by atoms with van der Waals surface area (Å²) in [5, 5.41) is 5.75. The molecule has 0 bridgehead atoms. The number of hydrogen-bond acceptors (Lipinski definition) is 4. The number of ether oxygens (including phenoxy) is 1. The molecule has 1 fully saturated rings. The van der Waals surface area contributed by atoms with Crippen LogP contribution in [-0.2, 0) is 4.79 Å². The molecule has 3 amide bonds. The monoisotopic (exact) mass is 423 g/mol. The van der Waals surface area contributed by atoms with E-state index in [1.54, 1.807) is 60.5 Å². The fourth-order valence-electron chi connectivity index (χ4n) is 3.60. The van der Waals surface area contributed by atoms with Gasteiger partial charge in [0, 0.05) is 29.9 Å². The molecule has 31 heavy (non-hydrogen) atoms. The van der Waals surface area contributed by atoms with E-state index in [0.717, 1.165) is 19.3 Å². The second-order valence-electron chi connectivity index (χ2n) is 7.56. The van der Waals surface area contributed by atoms with Gasteiger partial charge in [-0.2, -0.15) is 0 Å². The zero-order chi connectivity index (χ0) is 22.2. The van der Waals surface area contributed by atoms with Gasteiger partial charge < -0.3 is 20.3 Å². The second kappa shape index (κ2) is 10.6. The van der Waals surface area contributed by atoms with Crippen LogP contribution in [0.25, 0.3) is 0 Å². The summed E-state index contributed by atoms with van der Waals surface area (Å²) in [7, 11) is 1.57. The quantitative estimate of drug-likeness (QED) is 0.637. The predicted octanol–water partition coefficient (Wildman–Crippen LogP) is 3.47. The van der Waals surface area contributed by atoms with Gasteiger partial charge >= 0.3 is 0 Å². The molecule has 0 saturated carbocycles. The van der Waals surface area contributed by atoms with Crippen LogP contribution in [-0.4, -0.2) is 48.9 Å². The number of hydrogen-bond donors (Lipinski definition) is 2. The summed E-state index contributed by atoms with van der Waals surface area (Å²) in [5.74, 6) is 0.188. The lowest BCUT2D eigenvalue weighted by molar-refractivity contribution is -0.124. The summed E-state index contributed by atoms with van der Waals surface area (Å²) in [5.41, 5.74) is 1.60. The predicted molar refractivity (Wildman–Crippen MR) is 119 cm³/mol. The Morgan fingerprint density at radius 2 is 1.71 bits per heavy atom. The molecule has 2 aromatic rings. The fraction of sp³-hybridized carbons (Fsp3) is 0.375. The van der Waals surface area contributed by atoms with Gasteiger partial charge in [-0.1, -0.05) is 13.3 Å². The first-order valence-corrected chi connectivity index (χ1v) is 10.7. The van der Waals surface area contributed by atoms with Gasteiger partial charge in [0.05, 0.1) is 7.11 Å². The Labute approximate surface area is 182 Å². The summed E-state index contributed by atoms with van der Waals surface area (Å²) in [6.45, 7) is 3.28. The smallest absolute Gasteiger partial charge is 0.255 e. The van der Waals surface area contributed by atoms with Crippen molar-refractivity contribution in [3.05, 3.63) is 59.7 Å². The molecule has 1 atom stereocenters. The minimum Gasteiger partial charge on any atom is -0.497 e. The third-order valence-electron chi connectivity index (χ3n) is 5.39. The van der Waals surface area contributed by atoms with Crippen molar-refractivity contribution in [2.75, 3.05) is 25.5 Å². The molecule has 3 rings (SSSR count). The van der Waals surface area contributed by atoms with Gasteiger partial charge in [-0.15, -0.1) is 0 Å². The molecule has 1 heterocycles. The number of unbranched alkanes of at least 4 members (excludes halogenated alkanes) is 1. The highest BCUT2D eigenvalue weighted by Gasteiger charge is 2.34. The second-order valence-corrected chi connectivity index (χ2v) is 7.56. The van der Waals surface area contributed by atoms with Crippen LogP contribution in [0.1, 0.15) is 53.3 Å². The standard InChI is InChI=1S/C24H29N3O4/c1-3-4-15-25-23(29)21-6-5-16-27(21)24(30)18-7-11-19(12-8-18)26-22(28)17-9-13-20(31-2)14-10-17/h7-14,21H,3-6,15-16H2,1-2H3,(H,25,29)(H,26,28)/t21-/m1/s1. The summed E-state index contributed by atoms with van der Waals surface area (Å²) < 4.78 is 5.10. The number of carbonyl (C=O) groups excluding carboxylic acids is 3. The molecule has 2 N–H and O–H groups in total. The zero-order valence-electron chi connectivity index (χ0n) is 18.0. The maximum atomic E-state index is 13.0. The van der Waals surface area contributed by atoms with E-state index in [-0.39, 0.29) is 17.7 Å². The highest BCUT2D eigenvalue weighted by atomic mass is 16.5. The molecule has 1 saturated heterocycles. The van der Waals surface area contributed by atoms with Gasteiger partial charge in [0.1, 0.15) is 11.8 Å². The van der Waals surface area contributed by atoms with Gasteiger partial charge in [-0.3, -0.25) is 14.4 Å². The molecule has 164 valence electrons. The Balaban J connectivity index is 1.61. The van der Waals surface area contributed by atoms with Gasteiger partial charge in [0.15, 0.2) is 0 Å². The Kier molecular flexibility index (Phi) is 7.65. The van der Waals surface area contributed by atoms with Crippen molar-refractivity contribution >= 4 is 23.4 Å². The molecule has 0 spiro atoms. The SMILES string of the molecule is CCCCNC(=O)[C@H]1CCCN1C(=O)c1ccc(NC(=O)c2ccc(OC)cc2)cc1. The summed E-state index contributed by atoms with van der Waals surface area (Å²) in [6.07, 6.45) is 3.43. The van der Waals surface area contributed by atoms with E-state index in [2.05, 4.69) is 17.6 Å². The number of carbonyl (C=O) groups is 3. The number of nitrogens with zero attached hydrogens (tertiary/aromatic N) is 1. The van der Waals surface area contributed by atoms with Crippen LogP contribution in [0.3, 0.4) is 0 Å². The molecule has 1 aliphatic heterocycles. The van der Waals surface area contributed by atoms with E-state index in [4.69, 9.17) is 4.74 Å². The average Bonchev–Trinajstić information content (AvgIpc) is 3.29. The number of methoxy groups -OCH3 is 1. The normalized spacial score (nSPS) is 15.4. The molecule has 0 radical (unpaired) electrons. The van der Waals surface area contributed by atoms with Crippen LogP contribution in [0.5, 0.6) is 5.75 Å². The Morgan fingerprint density at radius 1 is 1.03 bits per heavy atom. The van der Waals surface area contributed by atoms with Crippen molar-refractivity contribution in [3.63, 3.8) is 0 Å². The van der Waals surface area contributed by atoms with Gasteiger partial charge in [-0.05, 0) is 67.8 Å². The molecule has 7 heteroatoms. The lowest BCUT2D eigenvalue weighted by atomic mass is 10.1. The first kappa shape index (κ1) is 22.3. The average molecular weight is 424 g/mol. The van der Waals surface area contributed by atoms with Crippen LogP contribution in [0.15, 0.2) is 48.5 Å². The van der Waals surface area contributed by atoms with Crippen molar-refractivity contribution in [1.82, 2.24) is 10.2 Å². The highest BCUT2D eigenvalue weighted by molar-refractivity contribution is 6.04.